The second kappa shape index (κ2) is 1.41. The molecule has 1 rings (SSSR count). The van der Waals surface area contributed by atoms with E-state index in [9.17, 15) is 8.78 Å². The Morgan fingerprint density at radius 1 is 1.62 bits per heavy atom. The topological polar surface area (TPSA) is 26.0 Å². The summed E-state index contributed by atoms with van der Waals surface area (Å²) in [4.78, 5) is 0. The van der Waals surface area contributed by atoms with Crippen LogP contribution in [0.4, 0.5) is 8.78 Å². The second-order valence-corrected chi connectivity index (χ2v) is 2.31. The van der Waals surface area contributed by atoms with E-state index in [1.165, 1.54) is 6.92 Å². The molecule has 8 heavy (non-hydrogen) atoms. The van der Waals surface area contributed by atoms with Crippen molar-refractivity contribution in [2.75, 3.05) is 6.54 Å². The number of halogens is 2. The Bertz CT molecular complexity index is 103. The van der Waals surface area contributed by atoms with Gasteiger partial charge in [-0.1, -0.05) is 6.92 Å². The van der Waals surface area contributed by atoms with Crippen molar-refractivity contribution in [2.24, 2.45) is 17.6 Å². The third kappa shape index (κ3) is 0.540. The van der Waals surface area contributed by atoms with E-state index in [2.05, 4.69) is 0 Å². The monoisotopic (exact) mass is 121 g/mol. The summed E-state index contributed by atoms with van der Waals surface area (Å²) in [6.45, 7) is 1.64. The maximum Gasteiger partial charge on any atom is 0.255 e. The summed E-state index contributed by atoms with van der Waals surface area (Å²) in [6.07, 6.45) is 0. The van der Waals surface area contributed by atoms with Gasteiger partial charge in [-0.05, 0) is 0 Å². The van der Waals surface area contributed by atoms with Gasteiger partial charge in [0.25, 0.3) is 5.92 Å². The van der Waals surface area contributed by atoms with Gasteiger partial charge < -0.3 is 5.73 Å². The van der Waals surface area contributed by atoms with Gasteiger partial charge in [0.2, 0.25) is 0 Å². The number of alkyl halides is 2. The van der Waals surface area contributed by atoms with Crippen LogP contribution in [0.5, 0.6) is 0 Å². The summed E-state index contributed by atoms with van der Waals surface area (Å²) >= 11 is 0. The Morgan fingerprint density at radius 2 is 2.00 bits per heavy atom. The molecule has 48 valence electrons. The highest BCUT2D eigenvalue weighted by atomic mass is 19.3. The van der Waals surface area contributed by atoms with E-state index in [0.717, 1.165) is 0 Å². The lowest BCUT2D eigenvalue weighted by Gasteiger charge is -1.87. The Labute approximate surface area is 46.9 Å². The van der Waals surface area contributed by atoms with Crippen LogP contribution in [0.2, 0.25) is 0 Å². The molecular weight excluding hydrogens is 112 g/mol. The van der Waals surface area contributed by atoms with Gasteiger partial charge in [-0.15, -0.1) is 0 Å². The molecule has 3 heteroatoms. The maximum absolute atomic E-state index is 12.1. The minimum atomic E-state index is -2.45. The van der Waals surface area contributed by atoms with Crippen molar-refractivity contribution in [1.82, 2.24) is 0 Å². The van der Waals surface area contributed by atoms with E-state index in [0.29, 0.717) is 0 Å². The number of hydrogen-bond acceptors (Lipinski definition) is 1. The van der Waals surface area contributed by atoms with E-state index in [1.54, 1.807) is 0 Å². The predicted molar refractivity (Wildman–Crippen MR) is 26.7 cm³/mol. The van der Waals surface area contributed by atoms with Crippen LogP contribution < -0.4 is 5.73 Å². The van der Waals surface area contributed by atoms with Gasteiger partial charge in [0.05, 0.1) is 0 Å². The molecule has 0 bridgehead atoms. The van der Waals surface area contributed by atoms with Crippen LogP contribution in [-0.4, -0.2) is 12.5 Å². The van der Waals surface area contributed by atoms with Crippen molar-refractivity contribution < 1.29 is 8.78 Å². The zero-order valence-corrected chi connectivity index (χ0v) is 4.70. The molecule has 0 aromatic heterocycles. The maximum atomic E-state index is 12.1. The van der Waals surface area contributed by atoms with Crippen LogP contribution in [0, 0.1) is 11.8 Å². The Kier molecular flexibility index (Phi) is 1.05. The van der Waals surface area contributed by atoms with E-state index in [1.807, 2.05) is 0 Å². The molecule has 0 saturated heterocycles. The average Bonchev–Trinajstić information content (AvgIpc) is 2.09. The molecular formula is C5H9F2N. The van der Waals surface area contributed by atoms with Gasteiger partial charge in [-0.25, -0.2) is 8.78 Å². The summed E-state index contributed by atoms with van der Waals surface area (Å²) in [7, 11) is 0. The number of hydrogen-bond donors (Lipinski definition) is 1. The van der Waals surface area contributed by atoms with Crippen molar-refractivity contribution in [3.8, 4) is 0 Å². The molecule has 0 radical (unpaired) electrons. The normalized spacial score (nSPS) is 42.0. The highest BCUT2D eigenvalue weighted by Crippen LogP contribution is 2.53. The van der Waals surface area contributed by atoms with Gasteiger partial charge in [0.1, 0.15) is 0 Å². The Hall–Kier alpha value is -0.180. The molecule has 0 amide bonds. The highest BCUT2D eigenvalue weighted by molar-refractivity contribution is 5.02. The molecule has 0 aromatic carbocycles. The average molecular weight is 121 g/mol. The fraction of sp³-hybridized carbons (Fsp3) is 1.00. The van der Waals surface area contributed by atoms with Gasteiger partial charge in [0.15, 0.2) is 0 Å². The van der Waals surface area contributed by atoms with E-state index < -0.39 is 17.8 Å². The smallest absolute Gasteiger partial charge is 0.255 e. The van der Waals surface area contributed by atoms with Crippen LogP contribution in [0.25, 0.3) is 0 Å². The van der Waals surface area contributed by atoms with E-state index >= 15 is 0 Å². The molecule has 0 heterocycles. The van der Waals surface area contributed by atoms with Crippen molar-refractivity contribution in [3.05, 3.63) is 0 Å². The first-order valence-electron chi connectivity index (χ1n) is 2.68. The van der Waals surface area contributed by atoms with Crippen LogP contribution in [0.3, 0.4) is 0 Å². The Morgan fingerprint density at radius 3 is 2.00 bits per heavy atom. The van der Waals surface area contributed by atoms with Crippen LogP contribution in [0.1, 0.15) is 6.92 Å². The van der Waals surface area contributed by atoms with Crippen molar-refractivity contribution in [1.29, 1.82) is 0 Å². The zero-order chi connectivity index (χ0) is 6.36. The first-order chi connectivity index (χ1) is 3.60. The number of nitrogens with two attached hydrogens (primary N) is 1. The fourth-order valence-electron chi connectivity index (χ4n) is 0.921. The second-order valence-electron chi connectivity index (χ2n) is 2.31. The van der Waals surface area contributed by atoms with Gasteiger partial charge >= 0.3 is 0 Å². The largest absolute Gasteiger partial charge is 0.330 e. The minimum Gasteiger partial charge on any atom is -0.330 e. The van der Waals surface area contributed by atoms with Gasteiger partial charge in [-0.3, -0.25) is 0 Å². The van der Waals surface area contributed by atoms with E-state index in [-0.39, 0.29) is 6.54 Å². The lowest BCUT2D eigenvalue weighted by Crippen LogP contribution is -2.06. The summed E-state index contributed by atoms with van der Waals surface area (Å²) in [5.74, 6) is -3.47. The quantitative estimate of drug-likeness (QED) is 0.546. The molecule has 1 fully saturated rings. The Balaban J connectivity index is 2.45. The van der Waals surface area contributed by atoms with Crippen molar-refractivity contribution in [3.63, 3.8) is 0 Å². The SMILES string of the molecule is C[C@H]1[C@H](CN)C1(F)F. The van der Waals surface area contributed by atoms with Crippen LogP contribution in [-0.2, 0) is 0 Å². The third-order valence-electron chi connectivity index (χ3n) is 1.85. The molecule has 1 aliphatic carbocycles. The van der Waals surface area contributed by atoms with E-state index in [4.69, 9.17) is 5.73 Å². The summed E-state index contributed by atoms with van der Waals surface area (Å²) in [6, 6.07) is 0. The summed E-state index contributed by atoms with van der Waals surface area (Å²) in [5.41, 5.74) is 5.02. The minimum absolute atomic E-state index is 0.119. The van der Waals surface area contributed by atoms with Crippen LogP contribution >= 0.6 is 0 Å². The zero-order valence-electron chi connectivity index (χ0n) is 4.70. The first-order valence-corrected chi connectivity index (χ1v) is 2.68. The lowest BCUT2D eigenvalue weighted by atomic mass is 10.3. The van der Waals surface area contributed by atoms with Crippen molar-refractivity contribution in [2.45, 2.75) is 12.8 Å². The van der Waals surface area contributed by atoms with Crippen molar-refractivity contribution >= 4 is 0 Å². The molecule has 2 atom stereocenters. The molecule has 0 aromatic rings. The fourth-order valence-corrected chi connectivity index (χ4v) is 0.921. The highest BCUT2D eigenvalue weighted by Gasteiger charge is 2.64. The molecule has 1 saturated carbocycles. The summed E-state index contributed by atoms with van der Waals surface area (Å²) < 4.78 is 24.2. The molecule has 0 aliphatic heterocycles. The van der Waals surface area contributed by atoms with Gasteiger partial charge in [-0.2, -0.15) is 0 Å². The van der Waals surface area contributed by atoms with Gasteiger partial charge in [0, 0.05) is 18.4 Å². The molecule has 1 nitrogen and oxygen atoms in total. The number of rotatable bonds is 1. The first kappa shape index (κ1) is 5.95. The third-order valence-corrected chi connectivity index (χ3v) is 1.85. The van der Waals surface area contributed by atoms with Crippen LogP contribution in [0.15, 0.2) is 0 Å². The molecule has 2 N–H and O–H groups in total. The predicted octanol–water partition coefficient (Wildman–Crippen LogP) is 0.846. The molecule has 0 spiro atoms. The molecule has 0 unspecified atom stereocenters. The lowest BCUT2D eigenvalue weighted by molar-refractivity contribution is 0.0878. The standard InChI is InChI=1S/C5H9F2N/c1-3-4(2-8)5(3,6)7/h3-4H,2,8H2,1H3/t3-,4-/m0/s1. The summed E-state index contributed by atoms with van der Waals surface area (Å²) in [5, 5.41) is 0. The molecule has 1 aliphatic rings.